The second-order valence-corrected chi connectivity index (χ2v) is 4.89. The zero-order valence-electron chi connectivity index (χ0n) is 10.7. The number of nitrogens with zero attached hydrogens (tertiary/aromatic N) is 4. The molecule has 1 aromatic carbocycles. The highest BCUT2D eigenvalue weighted by Gasteiger charge is 2.44. The highest BCUT2D eigenvalue weighted by molar-refractivity contribution is 5.94. The third kappa shape index (κ3) is 2.09. The zero-order chi connectivity index (χ0) is 13.3. The lowest BCUT2D eigenvalue weighted by Gasteiger charge is -2.41. The predicted molar refractivity (Wildman–Crippen MR) is 68.7 cm³/mol. The molecule has 3 rings (SSSR count). The molecule has 0 bridgehead atoms. The Bertz CT molecular complexity index is 555. The van der Waals surface area contributed by atoms with Crippen LogP contribution in [0.3, 0.4) is 0 Å². The molecule has 0 spiro atoms. The van der Waals surface area contributed by atoms with Gasteiger partial charge in [-0.2, -0.15) is 0 Å². The average Bonchev–Trinajstić information content (AvgIpc) is 2.88. The Hall–Kier alpha value is -1.92. The fourth-order valence-corrected chi connectivity index (χ4v) is 2.54. The third-order valence-electron chi connectivity index (χ3n) is 3.73. The number of carbonyl (C=O) groups is 1. The molecule has 2 unspecified atom stereocenters. The summed E-state index contributed by atoms with van der Waals surface area (Å²) in [4.78, 5) is 15.1. The standard InChI is InChI=1S/C13H15N4O2/c1-17(12-14-13(18)16-15-12)7-8-19-9-11(17)10-5-3-2-4-6-10/h2-6,11H,7-9H2,1H3/q+1. The number of amides is 2. The molecular formula is C13H15N4O2+. The highest BCUT2D eigenvalue weighted by atomic mass is 16.5. The van der Waals surface area contributed by atoms with Gasteiger partial charge in [0, 0.05) is 5.56 Å². The molecule has 19 heavy (non-hydrogen) atoms. The van der Waals surface area contributed by atoms with Gasteiger partial charge < -0.3 is 4.74 Å². The van der Waals surface area contributed by atoms with Gasteiger partial charge in [0.2, 0.25) is 0 Å². The summed E-state index contributed by atoms with van der Waals surface area (Å²) in [6.45, 7) is 1.94. The molecule has 0 aromatic heterocycles. The predicted octanol–water partition coefficient (Wildman–Crippen LogP) is 2.15. The average molecular weight is 259 g/mol. The van der Waals surface area contributed by atoms with Gasteiger partial charge in [-0.3, -0.25) is 0 Å². The summed E-state index contributed by atoms with van der Waals surface area (Å²) in [6, 6.07) is 9.66. The van der Waals surface area contributed by atoms with E-state index in [4.69, 9.17) is 4.74 Å². The number of guanidine groups is 1. The number of aliphatic imine (C=N–C) groups is 1. The van der Waals surface area contributed by atoms with E-state index in [9.17, 15) is 4.79 Å². The van der Waals surface area contributed by atoms with Gasteiger partial charge in [0.05, 0.1) is 13.7 Å². The van der Waals surface area contributed by atoms with Gasteiger partial charge in [0.15, 0.2) is 0 Å². The molecule has 2 heterocycles. The molecule has 0 radical (unpaired) electrons. The van der Waals surface area contributed by atoms with Crippen LogP contribution >= 0.6 is 0 Å². The van der Waals surface area contributed by atoms with Crippen molar-refractivity contribution in [2.75, 3.05) is 26.8 Å². The Balaban J connectivity index is 2.00. The highest BCUT2D eigenvalue weighted by Crippen LogP contribution is 2.32. The zero-order valence-corrected chi connectivity index (χ0v) is 10.7. The van der Waals surface area contributed by atoms with Gasteiger partial charge in [-0.15, -0.1) is 4.99 Å². The van der Waals surface area contributed by atoms with Gasteiger partial charge in [-0.05, 0) is 0 Å². The number of urea groups is 1. The van der Waals surface area contributed by atoms with Gasteiger partial charge in [0.1, 0.15) is 19.2 Å². The molecule has 0 N–H and O–H groups in total. The molecule has 2 aliphatic heterocycles. The van der Waals surface area contributed by atoms with Crippen molar-refractivity contribution in [1.82, 2.24) is 0 Å². The summed E-state index contributed by atoms with van der Waals surface area (Å²) in [5.74, 6) is 0.474. The van der Waals surface area contributed by atoms with E-state index in [0.717, 1.165) is 12.1 Å². The number of quaternary nitrogens is 1. The van der Waals surface area contributed by atoms with E-state index in [-0.39, 0.29) is 6.04 Å². The summed E-state index contributed by atoms with van der Waals surface area (Å²) in [5.41, 5.74) is 1.15. The SMILES string of the molecule is C[N+]1(C2=NC(=O)N=N2)CCOCC1c1ccccc1. The summed E-state index contributed by atoms with van der Waals surface area (Å²) >= 11 is 0. The van der Waals surface area contributed by atoms with E-state index in [2.05, 4.69) is 27.4 Å². The monoisotopic (exact) mass is 259 g/mol. The number of hydrogen-bond donors (Lipinski definition) is 0. The van der Waals surface area contributed by atoms with Crippen molar-refractivity contribution in [2.45, 2.75) is 6.04 Å². The maximum absolute atomic E-state index is 11.2. The molecule has 0 saturated carbocycles. The third-order valence-corrected chi connectivity index (χ3v) is 3.73. The van der Waals surface area contributed by atoms with Crippen LogP contribution in [0.25, 0.3) is 0 Å². The number of azo groups is 1. The largest absolute Gasteiger partial charge is 0.392 e. The molecule has 0 aliphatic carbocycles. The van der Waals surface area contributed by atoms with Crippen LogP contribution in [0.5, 0.6) is 0 Å². The van der Waals surface area contributed by atoms with E-state index < -0.39 is 6.03 Å². The normalized spacial score (nSPS) is 30.5. The molecule has 6 heteroatoms. The molecule has 2 amide bonds. The van der Waals surface area contributed by atoms with E-state index in [1.807, 2.05) is 25.2 Å². The van der Waals surface area contributed by atoms with Crippen LogP contribution in [0.15, 0.2) is 45.6 Å². The summed E-state index contributed by atoms with van der Waals surface area (Å²) in [5, 5.41) is 7.42. The Kier molecular flexibility index (Phi) is 2.96. The molecule has 2 atom stereocenters. The smallest absolute Gasteiger partial charge is 0.369 e. The maximum Gasteiger partial charge on any atom is 0.392 e. The van der Waals surface area contributed by atoms with Crippen LogP contribution < -0.4 is 0 Å². The van der Waals surface area contributed by atoms with E-state index in [1.165, 1.54) is 0 Å². The number of likely N-dealkylation sites (N-methyl/N-ethyl adjacent to an activating group) is 1. The Morgan fingerprint density at radius 3 is 2.74 bits per heavy atom. The molecule has 1 saturated heterocycles. The summed E-state index contributed by atoms with van der Waals surface area (Å²) in [7, 11) is 2.02. The van der Waals surface area contributed by atoms with Crippen molar-refractivity contribution >= 4 is 12.0 Å². The minimum Gasteiger partial charge on any atom is -0.369 e. The first-order valence-corrected chi connectivity index (χ1v) is 6.23. The Morgan fingerprint density at radius 1 is 1.26 bits per heavy atom. The van der Waals surface area contributed by atoms with Crippen molar-refractivity contribution in [1.29, 1.82) is 0 Å². The van der Waals surface area contributed by atoms with Crippen LogP contribution in [-0.4, -0.2) is 43.3 Å². The van der Waals surface area contributed by atoms with Crippen molar-refractivity contribution < 1.29 is 14.0 Å². The minimum atomic E-state index is -0.521. The second-order valence-electron chi connectivity index (χ2n) is 4.89. The van der Waals surface area contributed by atoms with Gasteiger partial charge >= 0.3 is 12.0 Å². The number of rotatable bonds is 1. The molecule has 6 nitrogen and oxygen atoms in total. The number of morpholine rings is 1. The molecule has 1 aromatic rings. The lowest BCUT2D eigenvalue weighted by molar-refractivity contribution is -0.865. The van der Waals surface area contributed by atoms with Gasteiger partial charge in [0.25, 0.3) is 0 Å². The number of benzene rings is 1. The van der Waals surface area contributed by atoms with Crippen LogP contribution in [0.4, 0.5) is 4.79 Å². The Morgan fingerprint density at radius 2 is 2.05 bits per heavy atom. The van der Waals surface area contributed by atoms with Crippen molar-refractivity contribution in [3.8, 4) is 0 Å². The van der Waals surface area contributed by atoms with Crippen LogP contribution in [0.2, 0.25) is 0 Å². The van der Waals surface area contributed by atoms with Gasteiger partial charge in [-0.1, -0.05) is 40.6 Å². The first-order valence-electron chi connectivity index (χ1n) is 6.23. The topological polar surface area (TPSA) is 63.4 Å². The van der Waals surface area contributed by atoms with Crippen molar-refractivity contribution in [2.24, 2.45) is 15.2 Å². The van der Waals surface area contributed by atoms with Crippen LogP contribution in [0, 0.1) is 0 Å². The summed E-state index contributed by atoms with van der Waals surface area (Å²) in [6.07, 6.45) is 0. The summed E-state index contributed by atoms with van der Waals surface area (Å²) < 4.78 is 6.05. The minimum absolute atomic E-state index is 0.0820. The number of carbonyl (C=O) groups excluding carboxylic acids is 1. The first-order chi connectivity index (χ1) is 9.20. The van der Waals surface area contributed by atoms with Crippen LogP contribution in [-0.2, 0) is 4.74 Å². The lowest BCUT2D eigenvalue weighted by Crippen LogP contribution is -2.56. The fraction of sp³-hybridized carbons (Fsp3) is 0.385. The van der Waals surface area contributed by atoms with Crippen LogP contribution in [0.1, 0.15) is 11.6 Å². The fourth-order valence-electron chi connectivity index (χ4n) is 2.54. The number of hydrogen-bond acceptors (Lipinski definition) is 3. The van der Waals surface area contributed by atoms with E-state index in [1.54, 1.807) is 0 Å². The van der Waals surface area contributed by atoms with Gasteiger partial charge in [-0.25, -0.2) is 9.28 Å². The molecule has 1 fully saturated rings. The second kappa shape index (κ2) is 4.64. The quantitative estimate of drug-likeness (QED) is 0.725. The number of ether oxygens (including phenoxy) is 1. The first kappa shape index (κ1) is 12.1. The van der Waals surface area contributed by atoms with E-state index in [0.29, 0.717) is 23.7 Å². The van der Waals surface area contributed by atoms with Crippen molar-refractivity contribution in [3.63, 3.8) is 0 Å². The van der Waals surface area contributed by atoms with Crippen molar-refractivity contribution in [3.05, 3.63) is 35.9 Å². The lowest BCUT2D eigenvalue weighted by atomic mass is 10.0. The van der Waals surface area contributed by atoms with E-state index >= 15 is 0 Å². The molecule has 2 aliphatic rings. The molecule has 98 valence electrons. The Labute approximate surface area is 111 Å². The molecular weight excluding hydrogens is 244 g/mol. The maximum atomic E-state index is 11.2.